The number of halogens is 3. The molecule has 2 nitrogen and oxygen atoms in total. The number of Topliss-reactive ketones (excluding diaryl/α,β-unsaturated/α-hetero) is 1. The van der Waals surface area contributed by atoms with Crippen LogP contribution in [0.4, 0.5) is 13.2 Å². The van der Waals surface area contributed by atoms with Gasteiger partial charge < -0.3 is 4.74 Å². The van der Waals surface area contributed by atoms with E-state index in [1.807, 2.05) is 0 Å². The van der Waals surface area contributed by atoms with E-state index in [-0.39, 0.29) is 0 Å². The number of carbonyl (C=O) groups is 1. The molecule has 0 amide bonds. The van der Waals surface area contributed by atoms with Crippen LogP contribution in [0.1, 0.15) is 34.3 Å². The predicted molar refractivity (Wildman–Crippen MR) is 62.1 cm³/mol. The number of methoxy groups -OCH3 is 1. The van der Waals surface area contributed by atoms with Crippen molar-refractivity contribution in [3.05, 3.63) is 28.8 Å². The van der Waals surface area contributed by atoms with Crippen molar-refractivity contribution in [3.63, 3.8) is 0 Å². The smallest absolute Gasteiger partial charge is 0.389 e. The highest BCUT2D eigenvalue weighted by Crippen LogP contribution is 2.26. The van der Waals surface area contributed by atoms with Crippen molar-refractivity contribution in [2.24, 2.45) is 0 Å². The van der Waals surface area contributed by atoms with E-state index in [4.69, 9.17) is 4.74 Å². The molecule has 0 aliphatic carbocycles. The Labute approximate surface area is 104 Å². The standard InChI is InChI=1S/C13H15F3O2/c1-8-7-12(18-3)9(2)6-10(8)11(17)4-5-13(14,15)16/h6-7H,4-5H2,1-3H3. The second-order valence-corrected chi connectivity index (χ2v) is 4.18. The van der Waals surface area contributed by atoms with Crippen LogP contribution < -0.4 is 4.74 Å². The van der Waals surface area contributed by atoms with Crippen LogP contribution in [0.25, 0.3) is 0 Å². The molecule has 5 heteroatoms. The van der Waals surface area contributed by atoms with E-state index in [0.717, 1.165) is 5.56 Å². The summed E-state index contributed by atoms with van der Waals surface area (Å²) in [6.45, 7) is 3.43. The van der Waals surface area contributed by atoms with Crippen molar-refractivity contribution in [1.82, 2.24) is 0 Å². The van der Waals surface area contributed by atoms with E-state index < -0.39 is 24.8 Å². The van der Waals surface area contributed by atoms with Crippen molar-refractivity contribution in [2.45, 2.75) is 32.9 Å². The summed E-state index contributed by atoms with van der Waals surface area (Å²) in [5, 5.41) is 0. The molecule has 0 aliphatic rings. The highest BCUT2D eigenvalue weighted by molar-refractivity contribution is 5.97. The van der Waals surface area contributed by atoms with Gasteiger partial charge in [0.15, 0.2) is 5.78 Å². The molecule has 0 saturated heterocycles. The normalized spacial score (nSPS) is 11.4. The van der Waals surface area contributed by atoms with Gasteiger partial charge in [-0.1, -0.05) is 0 Å². The van der Waals surface area contributed by atoms with E-state index in [9.17, 15) is 18.0 Å². The van der Waals surface area contributed by atoms with Gasteiger partial charge in [-0.05, 0) is 37.1 Å². The van der Waals surface area contributed by atoms with Crippen LogP contribution in [-0.4, -0.2) is 19.1 Å². The number of hydrogen-bond acceptors (Lipinski definition) is 2. The van der Waals surface area contributed by atoms with Crippen LogP contribution in [-0.2, 0) is 0 Å². The lowest BCUT2D eigenvalue weighted by molar-refractivity contribution is -0.133. The van der Waals surface area contributed by atoms with Gasteiger partial charge in [0.25, 0.3) is 0 Å². The fourth-order valence-electron chi connectivity index (χ4n) is 1.70. The van der Waals surface area contributed by atoms with E-state index in [0.29, 0.717) is 16.9 Å². The average Bonchev–Trinajstić information content (AvgIpc) is 2.27. The Balaban J connectivity index is 2.90. The number of aryl methyl sites for hydroxylation is 2. The number of rotatable bonds is 4. The Kier molecular flexibility index (Phi) is 4.38. The van der Waals surface area contributed by atoms with Crippen LogP contribution in [0.15, 0.2) is 12.1 Å². The maximum Gasteiger partial charge on any atom is 0.389 e. The zero-order chi connectivity index (χ0) is 13.9. The minimum absolute atomic E-state index is 0.331. The summed E-state index contributed by atoms with van der Waals surface area (Å²) in [4.78, 5) is 11.7. The van der Waals surface area contributed by atoms with Crippen molar-refractivity contribution in [3.8, 4) is 5.75 Å². The Hall–Kier alpha value is -1.52. The molecule has 1 aromatic carbocycles. The monoisotopic (exact) mass is 260 g/mol. The molecule has 100 valence electrons. The molecule has 0 N–H and O–H groups in total. The summed E-state index contributed by atoms with van der Waals surface area (Å²) >= 11 is 0. The molecule has 0 aromatic heterocycles. The topological polar surface area (TPSA) is 26.3 Å². The molecule has 1 rings (SSSR count). The van der Waals surface area contributed by atoms with Crippen molar-refractivity contribution < 1.29 is 22.7 Å². The lowest BCUT2D eigenvalue weighted by Gasteiger charge is -2.11. The van der Waals surface area contributed by atoms with E-state index in [1.165, 1.54) is 7.11 Å². The van der Waals surface area contributed by atoms with Crippen LogP contribution in [0.2, 0.25) is 0 Å². The lowest BCUT2D eigenvalue weighted by Crippen LogP contribution is -2.12. The third kappa shape index (κ3) is 3.75. The second-order valence-electron chi connectivity index (χ2n) is 4.18. The van der Waals surface area contributed by atoms with Gasteiger partial charge in [0.1, 0.15) is 5.75 Å². The molecule has 1 aromatic rings. The van der Waals surface area contributed by atoms with E-state index >= 15 is 0 Å². The molecule has 0 heterocycles. The first-order chi connectivity index (χ1) is 8.24. The Morgan fingerprint density at radius 2 is 1.83 bits per heavy atom. The molecule has 0 atom stereocenters. The Morgan fingerprint density at radius 3 is 2.33 bits per heavy atom. The number of alkyl halides is 3. The van der Waals surface area contributed by atoms with Gasteiger partial charge in [0.2, 0.25) is 0 Å². The zero-order valence-electron chi connectivity index (χ0n) is 10.5. The van der Waals surface area contributed by atoms with Gasteiger partial charge in [-0.2, -0.15) is 13.2 Å². The fraction of sp³-hybridized carbons (Fsp3) is 0.462. The molecular formula is C13H15F3O2. The van der Waals surface area contributed by atoms with Crippen LogP contribution in [0.5, 0.6) is 5.75 Å². The van der Waals surface area contributed by atoms with Gasteiger partial charge in [-0.3, -0.25) is 4.79 Å². The summed E-state index contributed by atoms with van der Waals surface area (Å²) in [6.07, 6.45) is -5.91. The zero-order valence-corrected chi connectivity index (χ0v) is 10.5. The summed E-state index contributed by atoms with van der Waals surface area (Å²) in [5.41, 5.74) is 1.70. The molecule has 18 heavy (non-hydrogen) atoms. The summed E-state index contributed by atoms with van der Waals surface area (Å²) in [5.74, 6) is 0.135. The minimum atomic E-state index is -4.30. The van der Waals surface area contributed by atoms with Gasteiger partial charge >= 0.3 is 6.18 Å². The van der Waals surface area contributed by atoms with Crippen molar-refractivity contribution >= 4 is 5.78 Å². The highest BCUT2D eigenvalue weighted by atomic mass is 19.4. The maximum atomic E-state index is 12.1. The molecule has 0 radical (unpaired) electrons. The van der Waals surface area contributed by atoms with Crippen molar-refractivity contribution in [1.29, 1.82) is 0 Å². The first-order valence-corrected chi connectivity index (χ1v) is 5.50. The molecule has 0 fully saturated rings. The van der Waals surface area contributed by atoms with E-state index in [1.54, 1.807) is 26.0 Å². The number of carbonyl (C=O) groups excluding carboxylic acids is 1. The summed E-state index contributed by atoms with van der Waals surface area (Å²) in [7, 11) is 1.51. The molecule has 0 aliphatic heterocycles. The molecule has 0 bridgehead atoms. The minimum Gasteiger partial charge on any atom is -0.496 e. The Morgan fingerprint density at radius 1 is 1.22 bits per heavy atom. The predicted octanol–water partition coefficient (Wildman–Crippen LogP) is 3.84. The lowest BCUT2D eigenvalue weighted by atomic mass is 9.98. The average molecular weight is 260 g/mol. The first kappa shape index (κ1) is 14.5. The van der Waals surface area contributed by atoms with Gasteiger partial charge in [-0.15, -0.1) is 0 Å². The number of ketones is 1. The third-order valence-corrected chi connectivity index (χ3v) is 2.68. The number of hydrogen-bond donors (Lipinski definition) is 0. The fourth-order valence-corrected chi connectivity index (χ4v) is 1.70. The van der Waals surface area contributed by atoms with Crippen LogP contribution in [0.3, 0.4) is 0 Å². The SMILES string of the molecule is COc1cc(C)c(C(=O)CCC(F)(F)F)cc1C. The summed E-state index contributed by atoms with van der Waals surface area (Å²) < 4.78 is 41.3. The quantitative estimate of drug-likeness (QED) is 0.769. The largest absolute Gasteiger partial charge is 0.496 e. The highest BCUT2D eigenvalue weighted by Gasteiger charge is 2.28. The van der Waals surface area contributed by atoms with E-state index in [2.05, 4.69) is 0 Å². The van der Waals surface area contributed by atoms with Crippen LogP contribution in [0, 0.1) is 13.8 Å². The maximum absolute atomic E-state index is 12.1. The van der Waals surface area contributed by atoms with Gasteiger partial charge in [0, 0.05) is 12.0 Å². The molecule has 0 unspecified atom stereocenters. The first-order valence-electron chi connectivity index (χ1n) is 5.50. The number of ether oxygens (including phenoxy) is 1. The molecular weight excluding hydrogens is 245 g/mol. The number of benzene rings is 1. The summed E-state index contributed by atoms with van der Waals surface area (Å²) in [6, 6.07) is 3.24. The van der Waals surface area contributed by atoms with Gasteiger partial charge in [0.05, 0.1) is 13.5 Å². The third-order valence-electron chi connectivity index (χ3n) is 2.68. The molecule has 0 saturated carbocycles. The Bertz CT molecular complexity index is 450. The second kappa shape index (κ2) is 5.42. The molecule has 0 spiro atoms. The van der Waals surface area contributed by atoms with Gasteiger partial charge in [-0.25, -0.2) is 0 Å². The van der Waals surface area contributed by atoms with Crippen LogP contribution >= 0.6 is 0 Å². The van der Waals surface area contributed by atoms with Crippen molar-refractivity contribution in [2.75, 3.05) is 7.11 Å².